The molecule has 0 spiro atoms. The van der Waals surface area contributed by atoms with E-state index in [0.29, 0.717) is 11.1 Å². The van der Waals surface area contributed by atoms with Gasteiger partial charge in [-0.05, 0) is 30.2 Å². The summed E-state index contributed by atoms with van der Waals surface area (Å²) < 4.78 is 2.05. The van der Waals surface area contributed by atoms with Gasteiger partial charge in [0, 0.05) is 15.5 Å². The molecule has 1 aliphatic heterocycles. The normalized spacial score (nSPS) is 17.5. The van der Waals surface area contributed by atoms with Crippen LogP contribution >= 0.6 is 11.8 Å². The van der Waals surface area contributed by atoms with Gasteiger partial charge in [-0.25, -0.2) is 0 Å². The molecule has 0 amide bonds. The van der Waals surface area contributed by atoms with Gasteiger partial charge in [-0.15, -0.1) is 11.8 Å². The third-order valence-corrected chi connectivity index (χ3v) is 5.08. The molecule has 4 rings (SSSR count). The van der Waals surface area contributed by atoms with Gasteiger partial charge < -0.3 is 5.73 Å². The number of para-hydroxylation sites is 1. The summed E-state index contributed by atoms with van der Waals surface area (Å²) in [6, 6.07) is 16.8. The molecule has 2 N–H and O–H groups in total. The number of hydrogen-bond acceptors (Lipinski definition) is 3. The first kappa shape index (κ1) is 11.9. The Balaban J connectivity index is 1.64. The lowest BCUT2D eigenvalue weighted by Crippen LogP contribution is -2.13. The SMILES string of the molecule is Nc1nn(CC2Cc3ccccc3S2)c2ccccc12. The van der Waals surface area contributed by atoms with Crippen molar-refractivity contribution in [1.29, 1.82) is 0 Å². The highest BCUT2D eigenvalue weighted by Gasteiger charge is 2.23. The smallest absolute Gasteiger partial charge is 0.153 e. The highest BCUT2D eigenvalue weighted by Crippen LogP contribution is 2.37. The summed E-state index contributed by atoms with van der Waals surface area (Å²) in [5.41, 5.74) is 8.57. The summed E-state index contributed by atoms with van der Waals surface area (Å²) in [6.45, 7) is 0.900. The summed E-state index contributed by atoms with van der Waals surface area (Å²) in [4.78, 5) is 1.40. The van der Waals surface area contributed by atoms with Crippen molar-refractivity contribution in [3.8, 4) is 0 Å². The van der Waals surface area contributed by atoms with Crippen LogP contribution in [0, 0.1) is 0 Å². The van der Waals surface area contributed by atoms with Crippen LogP contribution in [-0.4, -0.2) is 15.0 Å². The minimum Gasteiger partial charge on any atom is -0.382 e. The van der Waals surface area contributed by atoms with E-state index in [-0.39, 0.29) is 0 Å². The van der Waals surface area contributed by atoms with E-state index in [9.17, 15) is 0 Å². The first-order valence-corrected chi connectivity index (χ1v) is 7.65. The van der Waals surface area contributed by atoms with E-state index in [1.54, 1.807) is 0 Å². The van der Waals surface area contributed by atoms with Crippen LogP contribution < -0.4 is 5.73 Å². The molecule has 1 atom stereocenters. The van der Waals surface area contributed by atoms with Gasteiger partial charge in [0.05, 0.1) is 12.1 Å². The summed E-state index contributed by atoms with van der Waals surface area (Å²) in [6.07, 6.45) is 1.11. The average molecular weight is 281 g/mol. The zero-order chi connectivity index (χ0) is 13.5. The fourth-order valence-corrected chi connectivity index (χ4v) is 4.14. The number of hydrogen-bond donors (Lipinski definition) is 1. The van der Waals surface area contributed by atoms with Crippen molar-refractivity contribution in [2.24, 2.45) is 0 Å². The van der Waals surface area contributed by atoms with E-state index in [0.717, 1.165) is 23.9 Å². The molecule has 0 bridgehead atoms. The van der Waals surface area contributed by atoms with Crippen LogP contribution in [0.1, 0.15) is 5.56 Å². The van der Waals surface area contributed by atoms with Crippen LogP contribution in [0.5, 0.6) is 0 Å². The lowest BCUT2D eigenvalue weighted by Gasteiger charge is -2.09. The second-order valence-corrected chi connectivity index (χ2v) is 6.48. The second-order valence-electron chi connectivity index (χ2n) is 5.14. The molecule has 0 radical (unpaired) electrons. The molecule has 2 heterocycles. The monoisotopic (exact) mass is 281 g/mol. The molecule has 20 heavy (non-hydrogen) atoms. The number of nitrogens with two attached hydrogens (primary N) is 1. The standard InChI is InChI=1S/C16H15N3S/c17-16-13-6-2-3-7-14(13)19(18-16)10-12-9-11-5-1-4-8-15(11)20-12/h1-8,12H,9-10H2,(H2,17,18). The number of aromatic nitrogens is 2. The Hall–Kier alpha value is -1.94. The van der Waals surface area contributed by atoms with Crippen molar-refractivity contribution >= 4 is 28.5 Å². The molecule has 3 aromatic rings. The molecule has 100 valence electrons. The van der Waals surface area contributed by atoms with Gasteiger partial charge in [-0.1, -0.05) is 30.3 Å². The zero-order valence-electron chi connectivity index (χ0n) is 11.0. The van der Waals surface area contributed by atoms with Crippen molar-refractivity contribution in [2.75, 3.05) is 5.73 Å². The largest absolute Gasteiger partial charge is 0.382 e. The van der Waals surface area contributed by atoms with Gasteiger partial charge in [0.15, 0.2) is 5.82 Å². The van der Waals surface area contributed by atoms with Gasteiger partial charge in [-0.3, -0.25) is 4.68 Å². The first-order valence-electron chi connectivity index (χ1n) is 6.77. The Morgan fingerprint density at radius 1 is 1.15 bits per heavy atom. The summed E-state index contributed by atoms with van der Waals surface area (Å²) >= 11 is 1.95. The molecule has 1 aromatic heterocycles. The third-order valence-electron chi connectivity index (χ3n) is 3.78. The van der Waals surface area contributed by atoms with Crippen LogP contribution in [0.2, 0.25) is 0 Å². The molecule has 3 nitrogen and oxygen atoms in total. The van der Waals surface area contributed by atoms with Gasteiger partial charge in [0.2, 0.25) is 0 Å². The lowest BCUT2D eigenvalue weighted by molar-refractivity contribution is 0.615. The van der Waals surface area contributed by atoms with Gasteiger partial charge in [0.25, 0.3) is 0 Å². The number of nitrogen functional groups attached to an aromatic ring is 1. The minimum atomic E-state index is 0.537. The Bertz CT molecular complexity index is 753. The fraction of sp³-hybridized carbons (Fsp3) is 0.188. The van der Waals surface area contributed by atoms with E-state index >= 15 is 0 Å². The summed E-state index contributed by atoms with van der Waals surface area (Å²) in [7, 11) is 0. The van der Waals surface area contributed by atoms with Crippen molar-refractivity contribution in [2.45, 2.75) is 23.1 Å². The molecule has 4 heteroatoms. The topological polar surface area (TPSA) is 43.8 Å². The first-order chi connectivity index (χ1) is 9.81. The summed E-state index contributed by atoms with van der Waals surface area (Å²) in [5, 5.41) is 6.08. The van der Waals surface area contributed by atoms with E-state index < -0.39 is 0 Å². The molecule has 0 saturated carbocycles. The Labute approximate surface area is 121 Å². The van der Waals surface area contributed by atoms with Crippen LogP contribution in [0.25, 0.3) is 10.9 Å². The van der Waals surface area contributed by atoms with Crippen LogP contribution in [0.4, 0.5) is 5.82 Å². The number of anilines is 1. The molecule has 1 aliphatic rings. The van der Waals surface area contributed by atoms with Gasteiger partial charge >= 0.3 is 0 Å². The number of nitrogens with zero attached hydrogens (tertiary/aromatic N) is 2. The van der Waals surface area contributed by atoms with E-state index in [2.05, 4.69) is 35.4 Å². The molecule has 2 aromatic carbocycles. The Morgan fingerprint density at radius 2 is 1.95 bits per heavy atom. The predicted molar refractivity (Wildman–Crippen MR) is 83.9 cm³/mol. The lowest BCUT2D eigenvalue weighted by atomic mass is 10.1. The Morgan fingerprint density at radius 3 is 2.85 bits per heavy atom. The van der Waals surface area contributed by atoms with Crippen molar-refractivity contribution in [1.82, 2.24) is 9.78 Å². The van der Waals surface area contributed by atoms with Crippen LogP contribution in [0.15, 0.2) is 53.4 Å². The maximum absolute atomic E-state index is 6.00. The van der Waals surface area contributed by atoms with E-state index in [4.69, 9.17) is 5.73 Å². The Kier molecular flexibility index (Phi) is 2.70. The van der Waals surface area contributed by atoms with E-state index in [1.165, 1.54) is 10.5 Å². The summed E-state index contributed by atoms with van der Waals surface area (Å²) in [5.74, 6) is 0.626. The van der Waals surface area contributed by atoms with Crippen molar-refractivity contribution < 1.29 is 0 Å². The van der Waals surface area contributed by atoms with Crippen molar-refractivity contribution in [3.05, 3.63) is 54.1 Å². The number of thioether (sulfide) groups is 1. The second kappa shape index (κ2) is 4.56. The predicted octanol–water partition coefficient (Wildman–Crippen LogP) is 3.34. The number of rotatable bonds is 2. The highest BCUT2D eigenvalue weighted by molar-refractivity contribution is 8.00. The maximum Gasteiger partial charge on any atom is 0.153 e. The number of fused-ring (bicyclic) bond motifs is 2. The fourth-order valence-electron chi connectivity index (χ4n) is 2.84. The molecular formula is C16H15N3S. The van der Waals surface area contributed by atoms with Crippen LogP contribution in [0.3, 0.4) is 0 Å². The van der Waals surface area contributed by atoms with Gasteiger partial charge in [0.1, 0.15) is 0 Å². The molecule has 0 saturated heterocycles. The van der Waals surface area contributed by atoms with Gasteiger partial charge in [-0.2, -0.15) is 5.10 Å². The molecule has 1 unspecified atom stereocenters. The van der Waals surface area contributed by atoms with Crippen LogP contribution in [-0.2, 0) is 13.0 Å². The third kappa shape index (κ3) is 1.88. The molecule has 0 fully saturated rings. The number of benzene rings is 2. The molecular weight excluding hydrogens is 266 g/mol. The zero-order valence-corrected chi connectivity index (χ0v) is 11.8. The van der Waals surface area contributed by atoms with Crippen molar-refractivity contribution in [3.63, 3.8) is 0 Å². The highest BCUT2D eigenvalue weighted by atomic mass is 32.2. The minimum absolute atomic E-state index is 0.537. The average Bonchev–Trinajstić information content (AvgIpc) is 3.01. The molecule has 0 aliphatic carbocycles. The quantitative estimate of drug-likeness (QED) is 0.783. The maximum atomic E-state index is 6.00. The van der Waals surface area contributed by atoms with E-state index in [1.807, 2.05) is 34.6 Å².